The number of hydrogen-bond donors (Lipinski definition) is 2. The minimum absolute atomic E-state index is 0.00510. The van der Waals surface area contributed by atoms with Gasteiger partial charge in [-0.1, -0.05) is 59.3 Å². The zero-order chi connectivity index (χ0) is 21.9. The highest BCUT2D eigenvalue weighted by Crippen LogP contribution is 2.28. The van der Waals surface area contributed by atoms with Gasteiger partial charge in [-0.25, -0.2) is 4.79 Å². The molecule has 2 rings (SSSR count). The lowest BCUT2D eigenvalue weighted by Gasteiger charge is -2.37. The molecule has 2 atom stereocenters. The molecule has 0 aromatic heterocycles. The van der Waals surface area contributed by atoms with Gasteiger partial charge < -0.3 is 20.4 Å². The molecule has 0 bridgehead atoms. The molecule has 172 valence electrons. The fraction of sp³-hybridized carbons (Fsp3) is 0.870. The summed E-state index contributed by atoms with van der Waals surface area (Å²) in [5.74, 6) is 0.743. The van der Waals surface area contributed by atoms with Gasteiger partial charge in [-0.3, -0.25) is 9.59 Å². The molecule has 0 radical (unpaired) electrons. The van der Waals surface area contributed by atoms with E-state index in [1.54, 1.807) is 4.90 Å². The molecule has 1 saturated carbocycles. The molecular weight excluding hydrogens is 380 g/mol. The predicted molar refractivity (Wildman–Crippen MR) is 119 cm³/mol. The maximum absolute atomic E-state index is 13.2. The van der Waals surface area contributed by atoms with Gasteiger partial charge in [-0.15, -0.1) is 0 Å². The second kappa shape index (κ2) is 12.8. The number of urea groups is 1. The molecule has 1 saturated heterocycles. The van der Waals surface area contributed by atoms with Crippen LogP contribution >= 0.6 is 0 Å². The van der Waals surface area contributed by atoms with Gasteiger partial charge in [0.2, 0.25) is 11.8 Å². The smallest absolute Gasteiger partial charge is 0.317 e. The number of piperazine rings is 1. The van der Waals surface area contributed by atoms with Crippen molar-refractivity contribution in [3.05, 3.63) is 0 Å². The number of hydrogen-bond acceptors (Lipinski definition) is 3. The van der Waals surface area contributed by atoms with Crippen molar-refractivity contribution in [1.82, 2.24) is 20.4 Å². The third-order valence-electron chi connectivity index (χ3n) is 6.74. The Morgan fingerprint density at radius 2 is 1.63 bits per heavy atom. The van der Waals surface area contributed by atoms with Crippen LogP contribution in [0.4, 0.5) is 4.79 Å². The molecule has 7 nitrogen and oxygen atoms in total. The van der Waals surface area contributed by atoms with Crippen LogP contribution in [0.15, 0.2) is 0 Å². The average molecular weight is 423 g/mol. The summed E-state index contributed by atoms with van der Waals surface area (Å²) in [6.07, 6.45) is 9.32. The van der Waals surface area contributed by atoms with Gasteiger partial charge in [0.25, 0.3) is 0 Å². The van der Waals surface area contributed by atoms with Crippen LogP contribution in [0.3, 0.4) is 0 Å². The molecule has 7 heteroatoms. The highest BCUT2D eigenvalue weighted by atomic mass is 16.2. The van der Waals surface area contributed by atoms with E-state index in [-0.39, 0.29) is 23.8 Å². The molecule has 0 aromatic carbocycles. The number of carbonyl (C=O) groups excluding carboxylic acids is 3. The lowest BCUT2D eigenvalue weighted by atomic mass is 9.96. The monoisotopic (exact) mass is 422 g/mol. The highest BCUT2D eigenvalue weighted by Gasteiger charge is 2.32. The van der Waals surface area contributed by atoms with Crippen molar-refractivity contribution in [1.29, 1.82) is 0 Å². The number of rotatable bonds is 10. The van der Waals surface area contributed by atoms with E-state index in [2.05, 4.69) is 17.6 Å². The van der Waals surface area contributed by atoms with Crippen LogP contribution in [0.5, 0.6) is 0 Å². The molecular formula is C23H42N4O3. The number of nitrogens with one attached hydrogen (secondary N) is 2. The molecule has 2 fully saturated rings. The van der Waals surface area contributed by atoms with Crippen molar-refractivity contribution in [2.45, 2.75) is 84.6 Å². The minimum Gasteiger partial charge on any atom is -0.344 e. The van der Waals surface area contributed by atoms with E-state index in [0.717, 1.165) is 25.7 Å². The molecule has 1 heterocycles. The molecule has 0 spiro atoms. The second-order valence-corrected chi connectivity index (χ2v) is 9.02. The van der Waals surface area contributed by atoms with Gasteiger partial charge in [0.05, 0.1) is 0 Å². The Hall–Kier alpha value is -1.79. The van der Waals surface area contributed by atoms with Crippen LogP contribution in [0.2, 0.25) is 0 Å². The van der Waals surface area contributed by atoms with Gasteiger partial charge in [-0.05, 0) is 24.7 Å². The Morgan fingerprint density at radius 3 is 2.23 bits per heavy atom. The number of unbranched alkanes of at least 4 members (excludes halogenated alkanes) is 1. The fourth-order valence-corrected chi connectivity index (χ4v) is 4.37. The second-order valence-electron chi connectivity index (χ2n) is 9.02. The number of carbonyl (C=O) groups is 3. The molecule has 0 aromatic rings. The normalized spacial score (nSPS) is 19.4. The van der Waals surface area contributed by atoms with Crippen molar-refractivity contribution in [3.8, 4) is 0 Å². The Labute approximate surface area is 182 Å². The van der Waals surface area contributed by atoms with E-state index in [1.807, 2.05) is 18.7 Å². The highest BCUT2D eigenvalue weighted by molar-refractivity contribution is 5.88. The van der Waals surface area contributed by atoms with Crippen LogP contribution in [0.25, 0.3) is 0 Å². The van der Waals surface area contributed by atoms with Gasteiger partial charge in [0.15, 0.2) is 0 Å². The Kier molecular flexibility index (Phi) is 10.4. The van der Waals surface area contributed by atoms with Crippen LogP contribution in [0.1, 0.15) is 78.6 Å². The van der Waals surface area contributed by atoms with E-state index in [9.17, 15) is 14.4 Å². The molecule has 1 aliphatic heterocycles. The molecule has 2 unspecified atom stereocenters. The zero-order valence-corrected chi connectivity index (χ0v) is 19.3. The summed E-state index contributed by atoms with van der Waals surface area (Å²) < 4.78 is 0. The predicted octanol–water partition coefficient (Wildman–Crippen LogP) is 3.14. The molecule has 2 aliphatic rings. The molecule has 2 N–H and O–H groups in total. The third kappa shape index (κ3) is 7.47. The summed E-state index contributed by atoms with van der Waals surface area (Å²) in [6.45, 7) is 8.97. The fourth-order valence-electron chi connectivity index (χ4n) is 4.37. The van der Waals surface area contributed by atoms with Crippen LogP contribution in [-0.4, -0.2) is 66.4 Å². The van der Waals surface area contributed by atoms with Gasteiger partial charge >= 0.3 is 6.03 Å². The van der Waals surface area contributed by atoms with Crippen molar-refractivity contribution in [2.75, 3.05) is 32.7 Å². The van der Waals surface area contributed by atoms with Crippen LogP contribution in [-0.2, 0) is 9.59 Å². The first kappa shape index (κ1) is 24.5. The molecule has 1 aliphatic carbocycles. The van der Waals surface area contributed by atoms with Crippen molar-refractivity contribution >= 4 is 17.8 Å². The summed E-state index contributed by atoms with van der Waals surface area (Å²) in [5.41, 5.74) is 0. The van der Waals surface area contributed by atoms with Crippen molar-refractivity contribution < 1.29 is 14.4 Å². The van der Waals surface area contributed by atoms with E-state index in [0.29, 0.717) is 45.1 Å². The van der Waals surface area contributed by atoms with Crippen LogP contribution < -0.4 is 10.6 Å². The quantitative estimate of drug-likeness (QED) is 0.531. The lowest BCUT2D eigenvalue weighted by molar-refractivity contribution is -0.139. The summed E-state index contributed by atoms with van der Waals surface area (Å²) in [5, 5.41) is 5.97. The van der Waals surface area contributed by atoms with E-state index in [4.69, 9.17) is 0 Å². The van der Waals surface area contributed by atoms with E-state index >= 15 is 0 Å². The summed E-state index contributed by atoms with van der Waals surface area (Å²) in [4.78, 5) is 41.5. The Bertz CT molecular complexity index is 555. The largest absolute Gasteiger partial charge is 0.344 e. The van der Waals surface area contributed by atoms with Crippen LogP contribution in [0, 0.1) is 11.8 Å². The zero-order valence-electron chi connectivity index (χ0n) is 19.3. The van der Waals surface area contributed by atoms with Gasteiger partial charge in [-0.2, -0.15) is 0 Å². The Balaban J connectivity index is 1.82. The van der Waals surface area contributed by atoms with Crippen molar-refractivity contribution in [2.24, 2.45) is 11.8 Å². The molecule has 30 heavy (non-hydrogen) atoms. The third-order valence-corrected chi connectivity index (χ3v) is 6.74. The van der Waals surface area contributed by atoms with E-state index in [1.165, 1.54) is 25.7 Å². The first-order valence-corrected chi connectivity index (χ1v) is 12.1. The first-order chi connectivity index (χ1) is 14.5. The minimum atomic E-state index is -0.476. The average Bonchev–Trinajstić information content (AvgIpc) is 3.29. The standard InChI is InChI=1S/C23H42N4O3/c1-4-6-13-24-23(30)27-16-14-26(15-17-27)22(29)21(18(3)5-2)25-20(28)12-11-19-9-7-8-10-19/h18-19,21H,4-17H2,1-3H3,(H,24,30)(H,25,28). The van der Waals surface area contributed by atoms with Crippen molar-refractivity contribution in [3.63, 3.8) is 0 Å². The summed E-state index contributed by atoms with van der Waals surface area (Å²) >= 11 is 0. The Morgan fingerprint density at radius 1 is 1.00 bits per heavy atom. The molecule has 4 amide bonds. The topological polar surface area (TPSA) is 81.8 Å². The maximum atomic E-state index is 13.2. The summed E-state index contributed by atoms with van der Waals surface area (Å²) in [6, 6.07) is -0.523. The SMILES string of the molecule is CCCCNC(=O)N1CCN(C(=O)C(NC(=O)CCC2CCCC2)C(C)CC)CC1. The number of nitrogens with zero attached hydrogens (tertiary/aromatic N) is 2. The lowest BCUT2D eigenvalue weighted by Crippen LogP contribution is -2.58. The van der Waals surface area contributed by atoms with Gasteiger partial charge in [0, 0.05) is 39.1 Å². The first-order valence-electron chi connectivity index (χ1n) is 12.1. The number of amides is 4. The van der Waals surface area contributed by atoms with E-state index < -0.39 is 6.04 Å². The maximum Gasteiger partial charge on any atom is 0.317 e. The van der Waals surface area contributed by atoms with Gasteiger partial charge in [0.1, 0.15) is 6.04 Å². The summed E-state index contributed by atoms with van der Waals surface area (Å²) in [7, 11) is 0.